The summed E-state index contributed by atoms with van der Waals surface area (Å²) in [6.07, 6.45) is 2.44. The number of aliphatic imine (C=N–C) groups is 1. The number of halogens is 5. The summed E-state index contributed by atoms with van der Waals surface area (Å²) < 4.78 is 56.6. The van der Waals surface area contributed by atoms with E-state index < -0.39 is 34.8 Å². The van der Waals surface area contributed by atoms with Gasteiger partial charge in [-0.25, -0.2) is 17.6 Å². The van der Waals surface area contributed by atoms with Crippen LogP contribution >= 0.6 is 23.4 Å². The molecule has 1 aromatic carbocycles. The first-order valence-electron chi connectivity index (χ1n) is 8.38. The number of pyridine rings is 1. The lowest BCUT2D eigenvalue weighted by atomic mass is 9.99. The highest BCUT2D eigenvalue weighted by Crippen LogP contribution is 2.64. The van der Waals surface area contributed by atoms with E-state index in [1.54, 1.807) is 0 Å². The van der Waals surface area contributed by atoms with Crippen LogP contribution in [0.5, 0.6) is 0 Å². The van der Waals surface area contributed by atoms with E-state index in [1.807, 2.05) is 0 Å². The van der Waals surface area contributed by atoms with E-state index in [0.717, 1.165) is 31.0 Å². The first-order chi connectivity index (χ1) is 13.8. The second-order valence-corrected chi connectivity index (χ2v) is 7.88. The fourth-order valence-electron chi connectivity index (χ4n) is 3.11. The van der Waals surface area contributed by atoms with Crippen molar-refractivity contribution in [3.63, 3.8) is 0 Å². The molecular formula is C19H16ClF4N3OS. The largest absolute Gasteiger partial charge is 0.400 e. The van der Waals surface area contributed by atoms with Crippen molar-refractivity contribution in [3.05, 3.63) is 64.2 Å². The lowest BCUT2D eigenvalue weighted by Gasteiger charge is -2.18. The van der Waals surface area contributed by atoms with Crippen molar-refractivity contribution in [3.8, 4) is 0 Å². The lowest BCUT2D eigenvalue weighted by Crippen LogP contribution is -2.17. The van der Waals surface area contributed by atoms with Crippen LogP contribution in [0.2, 0.25) is 5.02 Å². The van der Waals surface area contributed by atoms with Gasteiger partial charge in [0.25, 0.3) is 5.92 Å². The summed E-state index contributed by atoms with van der Waals surface area (Å²) in [6.45, 7) is 0. The van der Waals surface area contributed by atoms with Gasteiger partial charge in [-0.1, -0.05) is 29.4 Å². The molecule has 154 valence electrons. The molecule has 3 N–H and O–H groups in total. The number of nitrogens with two attached hydrogens (primary N) is 1. The van der Waals surface area contributed by atoms with E-state index in [-0.39, 0.29) is 16.4 Å². The van der Waals surface area contributed by atoms with E-state index >= 15 is 0 Å². The molecule has 0 amide bonds. The molecule has 2 aliphatic rings. The highest BCUT2D eigenvalue weighted by molar-refractivity contribution is 8.14. The summed E-state index contributed by atoms with van der Waals surface area (Å²) in [5.74, 6) is -5.43. The van der Waals surface area contributed by atoms with Crippen molar-refractivity contribution >= 4 is 40.4 Å². The highest BCUT2D eigenvalue weighted by Gasteiger charge is 2.73. The molecule has 1 fully saturated rings. The van der Waals surface area contributed by atoms with Crippen molar-refractivity contribution in [2.24, 2.45) is 16.6 Å². The molecule has 0 bridgehead atoms. The average molecular weight is 446 g/mol. The number of aromatic nitrogens is 1. The summed E-state index contributed by atoms with van der Waals surface area (Å²) in [5, 5.41) is 6.35. The molecule has 1 saturated carbocycles. The SMILES string of the molecule is CO.NC1=NC(c2cc(/C=C(\F)c3ccc(Cl)cn3)ccc2F)C2C(S1)C2(F)F. The Balaban J connectivity index is 0.00000117. The number of aliphatic hydroxyl groups excluding tert-OH is 1. The van der Waals surface area contributed by atoms with Crippen molar-refractivity contribution < 1.29 is 22.7 Å². The van der Waals surface area contributed by atoms with Gasteiger partial charge in [0, 0.05) is 18.9 Å². The monoisotopic (exact) mass is 445 g/mol. The van der Waals surface area contributed by atoms with Crippen LogP contribution in [0.25, 0.3) is 11.9 Å². The highest BCUT2D eigenvalue weighted by atomic mass is 35.5. The fourth-order valence-corrected chi connectivity index (χ4v) is 4.37. The number of alkyl halides is 2. The predicted molar refractivity (Wildman–Crippen MR) is 107 cm³/mol. The summed E-state index contributed by atoms with van der Waals surface area (Å²) >= 11 is 6.53. The second-order valence-electron chi connectivity index (χ2n) is 6.29. The maximum atomic E-state index is 14.4. The molecule has 1 aliphatic heterocycles. The molecule has 1 aliphatic carbocycles. The number of hydrogen-bond donors (Lipinski definition) is 2. The summed E-state index contributed by atoms with van der Waals surface area (Å²) in [4.78, 5) is 7.88. The van der Waals surface area contributed by atoms with Crippen LogP contribution in [0.3, 0.4) is 0 Å². The van der Waals surface area contributed by atoms with Crippen LogP contribution in [-0.4, -0.2) is 33.5 Å². The molecule has 29 heavy (non-hydrogen) atoms. The summed E-state index contributed by atoms with van der Waals surface area (Å²) in [7, 11) is 1.00. The third kappa shape index (κ3) is 4.26. The number of thioether (sulfide) groups is 1. The van der Waals surface area contributed by atoms with Gasteiger partial charge in [0.2, 0.25) is 0 Å². The minimum absolute atomic E-state index is 0.00434. The van der Waals surface area contributed by atoms with Gasteiger partial charge >= 0.3 is 0 Å². The minimum Gasteiger partial charge on any atom is -0.400 e. The van der Waals surface area contributed by atoms with Gasteiger partial charge in [0.05, 0.1) is 27.9 Å². The summed E-state index contributed by atoms with van der Waals surface area (Å²) in [6, 6.07) is 5.55. The Hall–Kier alpha value is -2.10. The Kier molecular flexibility index (Phi) is 6.21. The van der Waals surface area contributed by atoms with Gasteiger partial charge in [-0.15, -0.1) is 0 Å². The van der Waals surface area contributed by atoms with E-state index in [9.17, 15) is 17.6 Å². The zero-order valence-electron chi connectivity index (χ0n) is 15.0. The Morgan fingerprint density at radius 3 is 2.66 bits per heavy atom. The first kappa shape index (κ1) is 21.6. The number of fused-ring (bicyclic) bond motifs is 1. The molecule has 1 aromatic heterocycles. The zero-order chi connectivity index (χ0) is 21.3. The van der Waals surface area contributed by atoms with Crippen LogP contribution in [0.1, 0.15) is 22.9 Å². The van der Waals surface area contributed by atoms with Gasteiger partial charge in [0.1, 0.15) is 11.6 Å². The van der Waals surface area contributed by atoms with Crippen LogP contribution < -0.4 is 5.73 Å². The molecule has 10 heteroatoms. The molecular weight excluding hydrogens is 430 g/mol. The molecule has 0 radical (unpaired) electrons. The van der Waals surface area contributed by atoms with Crippen LogP contribution in [-0.2, 0) is 0 Å². The smallest absolute Gasteiger partial charge is 0.267 e. The van der Waals surface area contributed by atoms with Gasteiger partial charge in [-0.3, -0.25) is 9.98 Å². The lowest BCUT2D eigenvalue weighted by molar-refractivity contribution is 0.0948. The van der Waals surface area contributed by atoms with Crippen molar-refractivity contribution in [1.82, 2.24) is 4.98 Å². The zero-order valence-corrected chi connectivity index (χ0v) is 16.6. The molecule has 3 atom stereocenters. The normalized spacial score (nSPS) is 24.7. The Morgan fingerprint density at radius 1 is 1.28 bits per heavy atom. The standard InChI is InChI=1S/C18H12ClF4N3S.CH4O/c19-9-2-4-13(25-7-9)12(21)6-8-1-3-11(20)10(5-8)15-14-16(18(14,22)23)27-17(24)26-15;1-2/h1-7,14-16H,(H2,24,26);2H,1H3/b12-6-;. The van der Waals surface area contributed by atoms with Crippen LogP contribution in [0.15, 0.2) is 41.5 Å². The topological polar surface area (TPSA) is 71.5 Å². The third-order valence-electron chi connectivity index (χ3n) is 4.50. The molecule has 0 saturated heterocycles. The first-order valence-corrected chi connectivity index (χ1v) is 9.64. The van der Waals surface area contributed by atoms with E-state index in [0.29, 0.717) is 10.6 Å². The maximum Gasteiger partial charge on any atom is 0.267 e. The molecule has 2 aromatic rings. The van der Waals surface area contributed by atoms with Gasteiger partial charge in [-0.2, -0.15) is 0 Å². The maximum absolute atomic E-state index is 14.4. The molecule has 0 spiro atoms. The van der Waals surface area contributed by atoms with E-state index in [2.05, 4.69) is 9.98 Å². The van der Waals surface area contributed by atoms with Crippen LogP contribution in [0.4, 0.5) is 17.6 Å². The Labute approximate surface area is 173 Å². The van der Waals surface area contributed by atoms with E-state index in [4.69, 9.17) is 22.4 Å². The average Bonchev–Trinajstić information content (AvgIpc) is 3.25. The number of amidine groups is 1. The van der Waals surface area contributed by atoms with Gasteiger partial charge in [-0.05, 0) is 35.9 Å². The number of benzene rings is 1. The molecule has 4 rings (SSSR count). The third-order valence-corrected chi connectivity index (χ3v) is 5.93. The summed E-state index contributed by atoms with van der Waals surface area (Å²) in [5.41, 5.74) is 5.94. The number of rotatable bonds is 3. The van der Waals surface area contributed by atoms with Gasteiger partial charge < -0.3 is 10.8 Å². The fraction of sp³-hybridized carbons (Fsp3) is 0.263. The van der Waals surface area contributed by atoms with Crippen molar-refractivity contribution in [2.45, 2.75) is 17.2 Å². The number of hydrogen-bond acceptors (Lipinski definition) is 5. The van der Waals surface area contributed by atoms with Crippen molar-refractivity contribution in [2.75, 3.05) is 7.11 Å². The molecule has 4 nitrogen and oxygen atoms in total. The van der Waals surface area contributed by atoms with E-state index in [1.165, 1.54) is 30.5 Å². The minimum atomic E-state index is -2.96. The number of nitrogens with zero attached hydrogens (tertiary/aromatic N) is 2. The molecule has 2 heterocycles. The predicted octanol–water partition coefficient (Wildman–Crippen LogP) is 4.69. The second kappa shape index (κ2) is 8.33. The number of aliphatic hydroxyl groups is 1. The Bertz CT molecular complexity index is 968. The quantitative estimate of drug-likeness (QED) is 0.672. The molecule has 3 unspecified atom stereocenters. The van der Waals surface area contributed by atoms with Crippen LogP contribution in [0, 0.1) is 11.7 Å². The Morgan fingerprint density at radius 2 is 2.00 bits per heavy atom. The van der Waals surface area contributed by atoms with Gasteiger partial charge in [0.15, 0.2) is 5.17 Å². The van der Waals surface area contributed by atoms with Crippen molar-refractivity contribution in [1.29, 1.82) is 0 Å².